The van der Waals surface area contributed by atoms with Crippen LogP contribution in [0.2, 0.25) is 0 Å². The van der Waals surface area contributed by atoms with Gasteiger partial charge in [-0.05, 0) is 17.9 Å². The van der Waals surface area contributed by atoms with Crippen molar-refractivity contribution in [2.75, 3.05) is 0 Å². The molecule has 1 saturated carbocycles. The molecule has 2 aliphatic carbocycles. The van der Waals surface area contributed by atoms with Crippen LogP contribution in [0.15, 0.2) is 42.5 Å². The van der Waals surface area contributed by atoms with Crippen LogP contribution in [0, 0.1) is 17.8 Å². The van der Waals surface area contributed by atoms with Gasteiger partial charge in [0.05, 0.1) is 6.10 Å². The zero-order chi connectivity index (χ0) is 12.0. The van der Waals surface area contributed by atoms with Crippen molar-refractivity contribution in [3.05, 3.63) is 48.0 Å². The summed E-state index contributed by atoms with van der Waals surface area (Å²) in [6.07, 6.45) is 4.54. The monoisotopic (exact) mass is 268 g/mol. The number of fused-ring (bicyclic) bond motifs is 1. The number of allylic oxidation sites excluding steroid dienone is 2. The second kappa shape index (κ2) is 4.01. The molecule has 1 nitrogen and oxygen atoms in total. The molecular formula is C14H14Cl2O. The molecule has 3 rings (SSSR count). The summed E-state index contributed by atoms with van der Waals surface area (Å²) in [6, 6.07) is 10.3. The van der Waals surface area contributed by atoms with Crippen molar-refractivity contribution in [3.8, 4) is 0 Å². The lowest BCUT2D eigenvalue weighted by atomic mass is 9.67. The number of hydrogen-bond acceptors (Lipinski definition) is 1. The molecule has 0 saturated heterocycles. The highest BCUT2D eigenvalue weighted by atomic mass is 35.5. The molecule has 1 aromatic carbocycles. The maximum atomic E-state index is 9.99. The zero-order valence-electron chi connectivity index (χ0n) is 9.26. The molecule has 1 fully saturated rings. The molecule has 90 valence electrons. The van der Waals surface area contributed by atoms with E-state index in [-0.39, 0.29) is 11.8 Å². The van der Waals surface area contributed by atoms with E-state index in [2.05, 4.69) is 24.3 Å². The van der Waals surface area contributed by atoms with Crippen LogP contribution in [-0.4, -0.2) is 15.5 Å². The van der Waals surface area contributed by atoms with Gasteiger partial charge in [0.1, 0.15) is 0 Å². The van der Waals surface area contributed by atoms with Gasteiger partial charge in [-0.2, -0.15) is 0 Å². The third-order valence-electron chi connectivity index (χ3n) is 3.99. The minimum Gasteiger partial charge on any atom is -0.390 e. The average molecular weight is 269 g/mol. The lowest BCUT2D eigenvalue weighted by Crippen LogP contribution is -2.59. The predicted octanol–water partition coefficient (Wildman–Crippen LogP) is 3.20. The molecule has 4 atom stereocenters. The molecular weight excluding hydrogens is 255 g/mol. The fourth-order valence-corrected chi connectivity index (χ4v) is 3.75. The fourth-order valence-electron chi connectivity index (χ4n) is 3.03. The minimum atomic E-state index is -0.980. The number of benzene rings is 1. The van der Waals surface area contributed by atoms with Crippen molar-refractivity contribution < 1.29 is 5.11 Å². The highest BCUT2D eigenvalue weighted by molar-refractivity contribution is 6.50. The number of aliphatic hydroxyl groups excluding tert-OH is 1. The smallest absolute Gasteiger partial charge is 0.150 e. The van der Waals surface area contributed by atoms with Crippen LogP contribution < -0.4 is 0 Å². The lowest BCUT2D eigenvalue weighted by Gasteiger charge is -2.50. The summed E-state index contributed by atoms with van der Waals surface area (Å²) in [7, 11) is 0. The molecule has 4 unspecified atom stereocenters. The summed E-state index contributed by atoms with van der Waals surface area (Å²) in [6.45, 7) is 0. The van der Waals surface area contributed by atoms with Gasteiger partial charge in [-0.1, -0.05) is 65.7 Å². The molecule has 1 aromatic rings. The highest BCUT2D eigenvalue weighted by Crippen LogP contribution is 2.59. The van der Waals surface area contributed by atoms with Crippen LogP contribution in [0.5, 0.6) is 0 Å². The molecule has 0 aliphatic heterocycles. The summed E-state index contributed by atoms with van der Waals surface area (Å²) in [5.41, 5.74) is 1.29. The Bertz CT molecular complexity index is 441. The number of halogens is 2. The standard InChI is InChI=1S/C14H14Cl2O/c15-14(16)11-7-6-10(12(11)13(14)17)8-9-4-2-1-3-5-9/h1-7,10-13,17H,8H2. The summed E-state index contributed by atoms with van der Waals surface area (Å²) >= 11 is 12.2. The van der Waals surface area contributed by atoms with Crippen LogP contribution in [0.25, 0.3) is 0 Å². The van der Waals surface area contributed by atoms with E-state index in [0.717, 1.165) is 6.42 Å². The third-order valence-corrected chi connectivity index (χ3v) is 4.94. The van der Waals surface area contributed by atoms with Gasteiger partial charge in [0.25, 0.3) is 0 Å². The Morgan fingerprint density at radius 3 is 2.53 bits per heavy atom. The molecule has 0 spiro atoms. The van der Waals surface area contributed by atoms with Crippen LogP contribution in [-0.2, 0) is 6.42 Å². The van der Waals surface area contributed by atoms with Gasteiger partial charge in [0.15, 0.2) is 4.33 Å². The molecule has 0 bridgehead atoms. The lowest BCUT2D eigenvalue weighted by molar-refractivity contribution is -0.0371. The third kappa shape index (κ3) is 1.72. The maximum absolute atomic E-state index is 9.99. The zero-order valence-corrected chi connectivity index (χ0v) is 10.8. The van der Waals surface area contributed by atoms with E-state index < -0.39 is 10.4 Å². The first-order valence-corrected chi connectivity index (χ1v) is 6.64. The van der Waals surface area contributed by atoms with Gasteiger partial charge < -0.3 is 5.11 Å². The van der Waals surface area contributed by atoms with Crippen LogP contribution >= 0.6 is 23.2 Å². The maximum Gasteiger partial charge on any atom is 0.150 e. The minimum absolute atomic E-state index is 0.106. The molecule has 0 amide bonds. The Kier molecular flexibility index (Phi) is 2.73. The number of hydrogen-bond donors (Lipinski definition) is 1. The molecule has 2 aliphatic rings. The first kappa shape index (κ1) is 11.6. The molecule has 1 N–H and O–H groups in total. The Balaban J connectivity index is 1.74. The van der Waals surface area contributed by atoms with Crippen LogP contribution in [0.3, 0.4) is 0 Å². The van der Waals surface area contributed by atoms with Crippen molar-refractivity contribution in [2.24, 2.45) is 17.8 Å². The first-order valence-electron chi connectivity index (χ1n) is 5.89. The van der Waals surface area contributed by atoms with Crippen molar-refractivity contribution in [2.45, 2.75) is 16.9 Å². The second-order valence-electron chi connectivity index (χ2n) is 4.96. The topological polar surface area (TPSA) is 20.2 Å². The molecule has 0 aromatic heterocycles. The summed E-state index contributed by atoms with van der Waals surface area (Å²) in [5.74, 6) is 0.641. The van der Waals surface area contributed by atoms with E-state index >= 15 is 0 Å². The second-order valence-corrected chi connectivity index (χ2v) is 6.41. The Morgan fingerprint density at radius 2 is 1.82 bits per heavy atom. The normalized spacial score (nSPS) is 37.6. The van der Waals surface area contributed by atoms with Crippen molar-refractivity contribution in [1.82, 2.24) is 0 Å². The van der Waals surface area contributed by atoms with Gasteiger partial charge in [-0.25, -0.2) is 0 Å². The number of alkyl halides is 2. The summed E-state index contributed by atoms with van der Waals surface area (Å²) < 4.78 is -0.980. The van der Waals surface area contributed by atoms with Gasteiger partial charge in [-0.15, -0.1) is 0 Å². The van der Waals surface area contributed by atoms with E-state index in [0.29, 0.717) is 5.92 Å². The molecule has 17 heavy (non-hydrogen) atoms. The quantitative estimate of drug-likeness (QED) is 0.645. The van der Waals surface area contributed by atoms with Crippen LogP contribution in [0.4, 0.5) is 0 Å². The number of aliphatic hydroxyl groups is 1. The highest BCUT2D eigenvalue weighted by Gasteiger charge is 2.62. The van der Waals surface area contributed by atoms with Gasteiger partial charge in [-0.3, -0.25) is 0 Å². The molecule has 0 heterocycles. The van der Waals surface area contributed by atoms with Gasteiger partial charge >= 0.3 is 0 Å². The largest absolute Gasteiger partial charge is 0.390 e. The Labute approximate surface area is 111 Å². The molecule has 0 radical (unpaired) electrons. The number of rotatable bonds is 2. The fraction of sp³-hybridized carbons (Fsp3) is 0.429. The van der Waals surface area contributed by atoms with E-state index in [9.17, 15) is 5.11 Å². The average Bonchev–Trinajstić information content (AvgIpc) is 2.72. The van der Waals surface area contributed by atoms with Crippen molar-refractivity contribution >= 4 is 23.2 Å². The van der Waals surface area contributed by atoms with Gasteiger partial charge in [0, 0.05) is 11.8 Å². The van der Waals surface area contributed by atoms with Crippen molar-refractivity contribution in [3.63, 3.8) is 0 Å². The predicted molar refractivity (Wildman–Crippen MR) is 70.2 cm³/mol. The van der Waals surface area contributed by atoms with Crippen LogP contribution in [0.1, 0.15) is 5.56 Å². The van der Waals surface area contributed by atoms with E-state index in [1.165, 1.54) is 5.56 Å². The summed E-state index contributed by atoms with van der Waals surface area (Å²) in [5, 5.41) is 9.99. The SMILES string of the molecule is OC1C2C(Cc3ccccc3)C=CC2C1(Cl)Cl. The Hall–Kier alpha value is -0.500. The van der Waals surface area contributed by atoms with E-state index in [1.807, 2.05) is 18.2 Å². The first-order chi connectivity index (χ1) is 8.10. The Morgan fingerprint density at radius 1 is 1.12 bits per heavy atom. The summed E-state index contributed by atoms with van der Waals surface area (Å²) in [4.78, 5) is 0. The van der Waals surface area contributed by atoms with Crippen molar-refractivity contribution in [1.29, 1.82) is 0 Å². The van der Waals surface area contributed by atoms with Gasteiger partial charge in [0.2, 0.25) is 0 Å². The molecule has 3 heteroatoms. The van der Waals surface area contributed by atoms with E-state index in [1.54, 1.807) is 0 Å². The van der Waals surface area contributed by atoms with E-state index in [4.69, 9.17) is 23.2 Å².